The van der Waals surface area contributed by atoms with E-state index in [1.807, 2.05) is 6.92 Å². The van der Waals surface area contributed by atoms with Crippen LogP contribution in [0.25, 0.3) is 10.9 Å². The molecule has 2 aromatic heterocycles. The van der Waals surface area contributed by atoms with E-state index in [-0.39, 0.29) is 40.5 Å². The van der Waals surface area contributed by atoms with Crippen LogP contribution in [0.15, 0.2) is 101 Å². The highest BCUT2D eigenvalue weighted by Gasteiger charge is 2.38. The molecule has 0 spiro atoms. The number of para-hydroxylation sites is 2. The molecule has 0 unspecified atom stereocenters. The van der Waals surface area contributed by atoms with Gasteiger partial charge in [0.15, 0.2) is 6.04 Å². The van der Waals surface area contributed by atoms with Crippen molar-refractivity contribution in [1.29, 1.82) is 0 Å². The Morgan fingerprint density at radius 1 is 0.981 bits per heavy atom. The van der Waals surface area contributed by atoms with Gasteiger partial charge >= 0.3 is 12.1 Å². The Morgan fingerprint density at radius 3 is 2.32 bits per heavy atom. The van der Waals surface area contributed by atoms with Crippen LogP contribution in [-0.2, 0) is 24.3 Å². The van der Waals surface area contributed by atoms with Crippen LogP contribution in [0, 0.1) is 20.8 Å². The van der Waals surface area contributed by atoms with Crippen LogP contribution in [0.2, 0.25) is 0 Å². The number of anilines is 1. The zero-order valence-electron chi connectivity index (χ0n) is 29.4. The molecular weight excluding hydrogens is 699 g/mol. The van der Waals surface area contributed by atoms with Crippen LogP contribution >= 0.6 is 0 Å². The van der Waals surface area contributed by atoms with E-state index in [0.717, 1.165) is 14.4 Å². The number of nitrogens with one attached hydrogen (secondary N) is 1. The Morgan fingerprint density at radius 2 is 1.66 bits per heavy atom. The Kier molecular flexibility index (Phi) is 10.3. The number of cyclic esters (lactones) is 1. The topological polar surface area (TPSA) is 177 Å². The first-order valence-corrected chi connectivity index (χ1v) is 18.2. The maximum absolute atomic E-state index is 14.4. The molecule has 0 saturated carbocycles. The monoisotopic (exact) mass is 735 g/mol. The van der Waals surface area contributed by atoms with Crippen molar-refractivity contribution in [3.8, 4) is 0 Å². The number of ether oxygens (including phenoxy) is 1. The number of hydrogen-bond acceptors (Lipinski definition) is 9. The lowest BCUT2D eigenvalue weighted by Crippen LogP contribution is -2.36. The number of aryl methyl sites for hydroxylation is 3. The zero-order valence-corrected chi connectivity index (χ0v) is 30.3. The number of imide groups is 1. The summed E-state index contributed by atoms with van der Waals surface area (Å²) in [5, 5.41) is 14.0. The van der Waals surface area contributed by atoms with Gasteiger partial charge in [-0.15, -0.1) is 0 Å². The quantitative estimate of drug-likeness (QED) is 0.157. The molecule has 0 aliphatic carbocycles. The fourth-order valence-electron chi connectivity index (χ4n) is 6.84. The van der Waals surface area contributed by atoms with Crippen LogP contribution in [0.4, 0.5) is 10.5 Å². The number of carbonyl (C=O) groups is 4. The van der Waals surface area contributed by atoms with E-state index in [1.165, 1.54) is 12.4 Å². The van der Waals surface area contributed by atoms with Gasteiger partial charge in [0.25, 0.3) is 15.9 Å². The zero-order chi connectivity index (χ0) is 38.0. The van der Waals surface area contributed by atoms with Crippen molar-refractivity contribution in [3.05, 3.63) is 125 Å². The second-order valence-corrected chi connectivity index (χ2v) is 14.6. The van der Waals surface area contributed by atoms with E-state index < -0.39 is 52.3 Å². The summed E-state index contributed by atoms with van der Waals surface area (Å²) in [6.07, 6.45) is 1.46. The second-order valence-electron chi connectivity index (χ2n) is 12.8. The number of aromatic nitrogens is 2. The number of carboxylic acid groups (broad SMARTS) is 1. The summed E-state index contributed by atoms with van der Waals surface area (Å²) in [5.74, 6) is -3.86. The first-order valence-electron chi connectivity index (χ1n) is 16.8. The maximum atomic E-state index is 14.4. The predicted molar refractivity (Wildman–Crippen MR) is 198 cm³/mol. The molecule has 272 valence electrons. The second kappa shape index (κ2) is 14.8. The molecule has 1 fully saturated rings. The van der Waals surface area contributed by atoms with Crippen molar-refractivity contribution in [2.45, 2.75) is 51.0 Å². The molecule has 2 N–H and O–H groups in total. The highest BCUT2D eigenvalue weighted by Crippen LogP contribution is 2.37. The van der Waals surface area contributed by atoms with Gasteiger partial charge in [-0.2, -0.15) is 0 Å². The van der Waals surface area contributed by atoms with E-state index in [4.69, 9.17) is 4.74 Å². The minimum absolute atomic E-state index is 0.0112. The lowest BCUT2D eigenvalue weighted by Gasteiger charge is -2.23. The van der Waals surface area contributed by atoms with Crippen LogP contribution < -0.4 is 5.32 Å². The van der Waals surface area contributed by atoms with Crippen LogP contribution in [-0.4, -0.2) is 76.2 Å². The van der Waals surface area contributed by atoms with Gasteiger partial charge in [-0.3, -0.25) is 19.6 Å². The summed E-state index contributed by atoms with van der Waals surface area (Å²) in [5.41, 5.74) is 3.61. The Balaban J connectivity index is 1.49. The summed E-state index contributed by atoms with van der Waals surface area (Å²) < 4.78 is 35.0. The number of fused-ring (bicyclic) bond motifs is 1. The van der Waals surface area contributed by atoms with Crippen molar-refractivity contribution in [2.75, 3.05) is 18.5 Å². The lowest BCUT2D eigenvalue weighted by molar-refractivity contribution is -0.139. The van der Waals surface area contributed by atoms with Crippen molar-refractivity contribution in [1.82, 2.24) is 13.9 Å². The van der Waals surface area contributed by atoms with Gasteiger partial charge in [0.05, 0.1) is 22.6 Å². The molecule has 5 aromatic rings. The molecule has 1 aliphatic heterocycles. The summed E-state index contributed by atoms with van der Waals surface area (Å²) in [6.45, 7) is 6.85. The standard InChI is InChI=1S/C39H37N5O8S/c1-23-19-24(2)36(25(3)20-23)53(50,51)44-22-30(28-12-6-8-15-33(28)44)29(21-34(45)43-17-18-52-39(43)49)35(38(47)48)41-26(4)27-11-5-7-13-31(27)42-37(46)32-14-9-10-16-40-32/h5-16,19-20,22,29,35H,17-18,21H2,1-4H3,(H,42,46)(H,47,48)/t29-,35+/m0/s1. The first-order chi connectivity index (χ1) is 25.3. The summed E-state index contributed by atoms with van der Waals surface area (Å²) in [6, 6.07) is 20.1. The number of carbonyl (C=O) groups excluding carboxylic acids is 3. The number of pyridine rings is 1. The molecule has 2 atom stereocenters. The highest BCUT2D eigenvalue weighted by atomic mass is 32.2. The fourth-order valence-corrected chi connectivity index (χ4v) is 8.64. The predicted octanol–water partition coefficient (Wildman–Crippen LogP) is 5.87. The number of hydrogen-bond donors (Lipinski definition) is 2. The van der Waals surface area contributed by atoms with Crippen molar-refractivity contribution in [2.24, 2.45) is 4.99 Å². The van der Waals surface area contributed by atoms with E-state index in [2.05, 4.69) is 15.3 Å². The molecule has 3 aromatic carbocycles. The van der Waals surface area contributed by atoms with Crippen molar-refractivity contribution >= 4 is 56.2 Å². The van der Waals surface area contributed by atoms with Gasteiger partial charge in [-0.1, -0.05) is 60.2 Å². The van der Waals surface area contributed by atoms with Crippen LogP contribution in [0.3, 0.4) is 0 Å². The van der Waals surface area contributed by atoms with Gasteiger partial charge in [-0.05, 0) is 68.7 Å². The van der Waals surface area contributed by atoms with Gasteiger partial charge in [-0.25, -0.2) is 26.9 Å². The third kappa shape index (κ3) is 7.31. The number of amides is 3. The maximum Gasteiger partial charge on any atom is 0.416 e. The van der Waals surface area contributed by atoms with Gasteiger partial charge in [0, 0.05) is 41.4 Å². The highest BCUT2D eigenvalue weighted by molar-refractivity contribution is 7.90. The van der Waals surface area contributed by atoms with E-state index in [1.54, 1.807) is 99.6 Å². The molecule has 13 nitrogen and oxygen atoms in total. The SMILES string of the molecule is CC(=N[C@@H](C(=O)O)[C@@H](CC(=O)N1CCOC1=O)c1cn(S(=O)(=O)c2c(C)cc(C)cc2C)c2ccccc12)c1ccccc1NC(=O)c1ccccn1. The summed E-state index contributed by atoms with van der Waals surface area (Å²) in [4.78, 5) is 62.2. The molecule has 3 heterocycles. The Bertz CT molecular complexity index is 2380. The minimum atomic E-state index is -4.24. The average Bonchev–Trinajstić information content (AvgIpc) is 3.73. The van der Waals surface area contributed by atoms with Crippen molar-refractivity contribution in [3.63, 3.8) is 0 Å². The molecule has 14 heteroatoms. The van der Waals surface area contributed by atoms with Gasteiger partial charge < -0.3 is 15.2 Å². The van der Waals surface area contributed by atoms with Gasteiger partial charge in [0.1, 0.15) is 12.3 Å². The number of benzene rings is 3. The number of aliphatic imine (C=N–C) groups is 1. The largest absolute Gasteiger partial charge is 0.480 e. The average molecular weight is 736 g/mol. The van der Waals surface area contributed by atoms with Crippen LogP contribution in [0.1, 0.15) is 57.6 Å². The van der Waals surface area contributed by atoms with E-state index >= 15 is 0 Å². The molecule has 1 aliphatic rings. The number of rotatable bonds is 11. The first kappa shape index (κ1) is 36.6. The number of aliphatic carboxylic acids is 1. The lowest BCUT2D eigenvalue weighted by atomic mass is 9.87. The summed E-state index contributed by atoms with van der Waals surface area (Å²) >= 11 is 0. The Labute approximate surface area is 306 Å². The molecule has 0 radical (unpaired) electrons. The third-order valence-electron chi connectivity index (χ3n) is 9.12. The van der Waals surface area contributed by atoms with Crippen LogP contribution in [0.5, 0.6) is 0 Å². The normalized spacial score (nSPS) is 14.5. The molecule has 3 amide bonds. The minimum Gasteiger partial charge on any atom is -0.480 e. The molecular formula is C39H37N5O8S. The molecule has 53 heavy (non-hydrogen) atoms. The third-order valence-corrected chi connectivity index (χ3v) is 11.1. The number of nitrogens with zero attached hydrogens (tertiary/aromatic N) is 4. The van der Waals surface area contributed by atoms with Crippen molar-refractivity contribution < 1.29 is 37.4 Å². The molecule has 0 bridgehead atoms. The summed E-state index contributed by atoms with van der Waals surface area (Å²) in [7, 11) is -4.24. The number of carboxylic acids is 1. The Hall–Kier alpha value is -6.15. The molecule has 6 rings (SSSR count). The fraction of sp³-hybridized carbons (Fsp3) is 0.231. The van der Waals surface area contributed by atoms with E-state index in [9.17, 15) is 32.7 Å². The smallest absolute Gasteiger partial charge is 0.416 e. The molecule has 1 saturated heterocycles. The van der Waals surface area contributed by atoms with E-state index in [0.29, 0.717) is 27.8 Å². The van der Waals surface area contributed by atoms with Gasteiger partial charge in [0.2, 0.25) is 5.91 Å².